The molecule has 0 aliphatic carbocycles. The number of aryl methyl sites for hydroxylation is 3. The number of ether oxygens (including phenoxy) is 1. The van der Waals surface area contributed by atoms with E-state index in [9.17, 15) is 0 Å². The van der Waals surface area contributed by atoms with Gasteiger partial charge in [-0.1, -0.05) is 29.3 Å². The van der Waals surface area contributed by atoms with Crippen molar-refractivity contribution in [1.29, 1.82) is 0 Å². The van der Waals surface area contributed by atoms with E-state index in [1.807, 2.05) is 25.1 Å². The minimum Gasteiger partial charge on any atom is -0.492 e. The molecule has 3 heteroatoms. The molecule has 0 aliphatic rings. The first-order chi connectivity index (χ1) is 10.0. The molecule has 0 aromatic heterocycles. The Hall–Kier alpha value is -1.67. The third-order valence-corrected chi connectivity index (χ3v) is 3.77. The second kappa shape index (κ2) is 6.86. The maximum absolute atomic E-state index is 6.09. The summed E-state index contributed by atoms with van der Waals surface area (Å²) in [5.41, 5.74) is 6.17. The number of anilines is 1. The molecule has 2 nitrogen and oxygen atoms in total. The summed E-state index contributed by atoms with van der Waals surface area (Å²) in [5, 5.41) is 4.15. The van der Waals surface area contributed by atoms with Crippen molar-refractivity contribution in [1.82, 2.24) is 0 Å². The van der Waals surface area contributed by atoms with Gasteiger partial charge in [0.1, 0.15) is 5.75 Å². The first-order valence-corrected chi connectivity index (χ1v) is 7.62. The van der Waals surface area contributed by atoms with E-state index >= 15 is 0 Å². The Morgan fingerprint density at radius 1 is 1.05 bits per heavy atom. The summed E-state index contributed by atoms with van der Waals surface area (Å²) < 4.78 is 5.64. The maximum Gasteiger partial charge on any atom is 0.142 e. The number of nitrogens with one attached hydrogen (secondary N) is 1. The Morgan fingerprint density at radius 3 is 2.33 bits per heavy atom. The van der Waals surface area contributed by atoms with Gasteiger partial charge in [0.15, 0.2) is 0 Å². The quantitative estimate of drug-likeness (QED) is 0.812. The van der Waals surface area contributed by atoms with E-state index in [0.717, 1.165) is 18.0 Å². The molecule has 21 heavy (non-hydrogen) atoms. The molecule has 1 N–H and O–H groups in total. The Bertz CT molecular complexity index is 614. The highest BCUT2D eigenvalue weighted by Gasteiger charge is 2.07. The largest absolute Gasteiger partial charge is 0.492 e. The maximum atomic E-state index is 6.09. The van der Waals surface area contributed by atoms with Gasteiger partial charge in [0.05, 0.1) is 12.3 Å². The van der Waals surface area contributed by atoms with Crippen LogP contribution in [0.4, 0.5) is 5.69 Å². The third kappa shape index (κ3) is 3.92. The minimum atomic E-state index is 0.638. The summed E-state index contributed by atoms with van der Waals surface area (Å²) in [6.45, 7) is 9.81. The van der Waals surface area contributed by atoms with E-state index < -0.39 is 0 Å². The molecule has 112 valence electrons. The number of halogens is 1. The standard InChI is InChI=1S/C18H22ClNO/c1-5-21-18-7-6-15(19)10-17(18)20-11-16-13(3)8-12(2)9-14(16)4/h6-10,20H,5,11H2,1-4H3. The zero-order valence-corrected chi connectivity index (χ0v) is 13.8. The van der Waals surface area contributed by atoms with Crippen LogP contribution >= 0.6 is 11.6 Å². The molecule has 0 radical (unpaired) electrons. The molecule has 0 heterocycles. The number of hydrogen-bond acceptors (Lipinski definition) is 2. The van der Waals surface area contributed by atoms with Crippen molar-refractivity contribution in [3.8, 4) is 5.75 Å². The molecular formula is C18H22ClNO. The van der Waals surface area contributed by atoms with E-state index in [4.69, 9.17) is 16.3 Å². The lowest BCUT2D eigenvalue weighted by molar-refractivity contribution is 0.341. The molecular weight excluding hydrogens is 282 g/mol. The Kier molecular flexibility index (Phi) is 5.13. The fourth-order valence-corrected chi connectivity index (χ4v) is 2.77. The molecule has 0 saturated heterocycles. The molecule has 0 unspecified atom stereocenters. The molecule has 0 saturated carbocycles. The van der Waals surface area contributed by atoms with Crippen LogP contribution in [0, 0.1) is 20.8 Å². The minimum absolute atomic E-state index is 0.638. The van der Waals surface area contributed by atoms with Crippen LogP contribution in [-0.2, 0) is 6.54 Å². The Balaban J connectivity index is 2.22. The summed E-state index contributed by atoms with van der Waals surface area (Å²) in [4.78, 5) is 0. The summed E-state index contributed by atoms with van der Waals surface area (Å²) in [6, 6.07) is 10.1. The van der Waals surface area contributed by atoms with Crippen LogP contribution in [0.15, 0.2) is 30.3 Å². The zero-order valence-electron chi connectivity index (χ0n) is 13.1. The van der Waals surface area contributed by atoms with Gasteiger partial charge in [-0.25, -0.2) is 0 Å². The first kappa shape index (κ1) is 15.7. The normalized spacial score (nSPS) is 10.5. The predicted molar refractivity (Wildman–Crippen MR) is 90.6 cm³/mol. The third-order valence-electron chi connectivity index (χ3n) is 3.54. The summed E-state index contributed by atoms with van der Waals surface area (Å²) >= 11 is 6.09. The van der Waals surface area contributed by atoms with Gasteiger partial charge in [-0.2, -0.15) is 0 Å². The van der Waals surface area contributed by atoms with Crippen molar-refractivity contribution in [2.45, 2.75) is 34.2 Å². The van der Waals surface area contributed by atoms with Crippen LogP contribution in [-0.4, -0.2) is 6.61 Å². The fourth-order valence-electron chi connectivity index (χ4n) is 2.59. The van der Waals surface area contributed by atoms with Gasteiger partial charge in [0.2, 0.25) is 0 Å². The zero-order chi connectivity index (χ0) is 15.4. The van der Waals surface area contributed by atoms with Crippen LogP contribution < -0.4 is 10.1 Å². The molecule has 0 fully saturated rings. The number of rotatable bonds is 5. The van der Waals surface area contributed by atoms with E-state index in [1.54, 1.807) is 0 Å². The van der Waals surface area contributed by atoms with Gasteiger partial charge in [0, 0.05) is 11.6 Å². The van der Waals surface area contributed by atoms with E-state index in [1.165, 1.54) is 22.3 Å². The van der Waals surface area contributed by atoms with Crippen LogP contribution in [0.3, 0.4) is 0 Å². The SMILES string of the molecule is CCOc1ccc(Cl)cc1NCc1c(C)cc(C)cc1C. The van der Waals surface area contributed by atoms with Crippen molar-refractivity contribution < 1.29 is 4.74 Å². The average molecular weight is 304 g/mol. The van der Waals surface area contributed by atoms with Crippen molar-refractivity contribution in [2.24, 2.45) is 0 Å². The predicted octanol–water partition coefficient (Wildman–Crippen LogP) is 5.28. The molecule has 0 spiro atoms. The second-order valence-electron chi connectivity index (χ2n) is 5.30. The van der Waals surface area contributed by atoms with Gasteiger partial charge in [-0.3, -0.25) is 0 Å². The molecule has 2 rings (SSSR count). The number of benzene rings is 2. The second-order valence-corrected chi connectivity index (χ2v) is 5.74. The van der Waals surface area contributed by atoms with E-state index in [-0.39, 0.29) is 0 Å². The van der Waals surface area contributed by atoms with Crippen LogP contribution in [0.2, 0.25) is 5.02 Å². The highest BCUT2D eigenvalue weighted by Crippen LogP contribution is 2.29. The van der Waals surface area contributed by atoms with Crippen molar-refractivity contribution in [2.75, 3.05) is 11.9 Å². The van der Waals surface area contributed by atoms with E-state index in [0.29, 0.717) is 11.6 Å². The van der Waals surface area contributed by atoms with Crippen LogP contribution in [0.25, 0.3) is 0 Å². The lowest BCUT2D eigenvalue weighted by Crippen LogP contribution is -2.06. The first-order valence-electron chi connectivity index (χ1n) is 7.24. The smallest absolute Gasteiger partial charge is 0.142 e. The number of hydrogen-bond donors (Lipinski definition) is 1. The average Bonchev–Trinajstić information content (AvgIpc) is 2.40. The van der Waals surface area contributed by atoms with Gasteiger partial charge in [-0.15, -0.1) is 0 Å². The molecule has 0 bridgehead atoms. The van der Waals surface area contributed by atoms with Crippen LogP contribution in [0.5, 0.6) is 5.75 Å². The molecule has 0 atom stereocenters. The Morgan fingerprint density at radius 2 is 1.71 bits per heavy atom. The molecule has 0 amide bonds. The van der Waals surface area contributed by atoms with Crippen LogP contribution in [0.1, 0.15) is 29.2 Å². The van der Waals surface area contributed by atoms with Gasteiger partial charge in [-0.05, 0) is 62.6 Å². The summed E-state index contributed by atoms with van der Waals surface area (Å²) in [5.74, 6) is 0.837. The fraction of sp³-hybridized carbons (Fsp3) is 0.333. The topological polar surface area (TPSA) is 21.3 Å². The van der Waals surface area contributed by atoms with Crippen molar-refractivity contribution >= 4 is 17.3 Å². The van der Waals surface area contributed by atoms with Gasteiger partial charge >= 0.3 is 0 Å². The molecule has 2 aromatic carbocycles. The molecule has 0 aliphatic heterocycles. The lowest BCUT2D eigenvalue weighted by Gasteiger charge is -2.16. The summed E-state index contributed by atoms with van der Waals surface area (Å²) in [7, 11) is 0. The Labute approximate surface area is 132 Å². The van der Waals surface area contributed by atoms with Crippen molar-refractivity contribution in [3.05, 3.63) is 57.6 Å². The van der Waals surface area contributed by atoms with Gasteiger partial charge in [0.25, 0.3) is 0 Å². The van der Waals surface area contributed by atoms with Crippen molar-refractivity contribution in [3.63, 3.8) is 0 Å². The van der Waals surface area contributed by atoms with E-state index in [2.05, 4.69) is 38.2 Å². The molecule has 2 aromatic rings. The highest BCUT2D eigenvalue weighted by molar-refractivity contribution is 6.30. The van der Waals surface area contributed by atoms with Gasteiger partial charge < -0.3 is 10.1 Å². The highest BCUT2D eigenvalue weighted by atomic mass is 35.5. The summed E-state index contributed by atoms with van der Waals surface area (Å²) in [6.07, 6.45) is 0. The lowest BCUT2D eigenvalue weighted by atomic mass is 10.00. The monoisotopic (exact) mass is 303 g/mol.